The summed E-state index contributed by atoms with van der Waals surface area (Å²) in [4.78, 5) is 4.27. The molecule has 1 atom stereocenters. The van der Waals surface area contributed by atoms with Gasteiger partial charge in [0.1, 0.15) is 5.82 Å². The van der Waals surface area contributed by atoms with Crippen molar-refractivity contribution in [3.63, 3.8) is 0 Å². The standard InChI is InChI=1S/C18H25N3/c1-4-9-20-16(12-15-7-5-6-13(2)11-15)17-14(3)8-10-21-18(17)19/h5-8,10-11,16,20H,4,9,12H2,1-3H3,(H2,19,21). The number of aryl methyl sites for hydroxylation is 2. The molecule has 0 saturated heterocycles. The Kier molecular flexibility index (Phi) is 5.34. The van der Waals surface area contributed by atoms with Crippen molar-refractivity contribution >= 4 is 5.82 Å². The second kappa shape index (κ2) is 7.23. The molecule has 21 heavy (non-hydrogen) atoms. The number of hydrogen-bond donors (Lipinski definition) is 2. The average Bonchev–Trinajstić information content (AvgIpc) is 2.44. The van der Waals surface area contributed by atoms with Crippen LogP contribution in [0.15, 0.2) is 36.5 Å². The quantitative estimate of drug-likeness (QED) is 0.852. The highest BCUT2D eigenvalue weighted by Gasteiger charge is 2.17. The Bertz CT molecular complexity index is 573. The minimum absolute atomic E-state index is 0.209. The van der Waals surface area contributed by atoms with Gasteiger partial charge in [0.15, 0.2) is 0 Å². The van der Waals surface area contributed by atoms with Gasteiger partial charge in [0.05, 0.1) is 0 Å². The molecule has 1 aromatic heterocycles. The number of benzene rings is 1. The number of nitrogens with one attached hydrogen (secondary N) is 1. The Hall–Kier alpha value is -1.87. The van der Waals surface area contributed by atoms with Crippen molar-refractivity contribution in [3.05, 3.63) is 58.8 Å². The zero-order valence-corrected chi connectivity index (χ0v) is 13.2. The van der Waals surface area contributed by atoms with Gasteiger partial charge in [-0.05, 0) is 50.4 Å². The number of hydrogen-bond acceptors (Lipinski definition) is 3. The van der Waals surface area contributed by atoms with Crippen LogP contribution in [0.2, 0.25) is 0 Å². The van der Waals surface area contributed by atoms with Crippen molar-refractivity contribution in [2.75, 3.05) is 12.3 Å². The van der Waals surface area contributed by atoms with E-state index in [-0.39, 0.29) is 6.04 Å². The van der Waals surface area contributed by atoms with Gasteiger partial charge >= 0.3 is 0 Å². The van der Waals surface area contributed by atoms with Crippen molar-refractivity contribution in [2.45, 2.75) is 39.7 Å². The summed E-state index contributed by atoms with van der Waals surface area (Å²) in [5, 5.41) is 3.62. The second-order valence-corrected chi connectivity index (χ2v) is 5.63. The predicted octanol–water partition coefficient (Wildman–Crippen LogP) is 3.56. The molecule has 112 valence electrons. The average molecular weight is 283 g/mol. The maximum absolute atomic E-state index is 6.13. The lowest BCUT2D eigenvalue weighted by atomic mass is 9.95. The van der Waals surface area contributed by atoms with Crippen LogP contribution in [0.5, 0.6) is 0 Å². The monoisotopic (exact) mass is 283 g/mol. The largest absolute Gasteiger partial charge is 0.383 e. The van der Waals surface area contributed by atoms with Crippen molar-refractivity contribution in [2.24, 2.45) is 0 Å². The summed E-state index contributed by atoms with van der Waals surface area (Å²) in [6.45, 7) is 7.38. The van der Waals surface area contributed by atoms with Crippen LogP contribution in [0.1, 0.15) is 41.6 Å². The number of rotatable bonds is 6. The Balaban J connectivity index is 2.30. The van der Waals surface area contributed by atoms with Crippen LogP contribution in [0.25, 0.3) is 0 Å². The van der Waals surface area contributed by atoms with Crippen LogP contribution in [0, 0.1) is 13.8 Å². The first kappa shape index (κ1) is 15.5. The molecule has 2 aromatic rings. The highest BCUT2D eigenvalue weighted by molar-refractivity contribution is 5.46. The lowest BCUT2D eigenvalue weighted by Gasteiger charge is -2.22. The van der Waals surface area contributed by atoms with E-state index in [1.807, 2.05) is 6.07 Å². The summed E-state index contributed by atoms with van der Waals surface area (Å²) in [6.07, 6.45) is 3.81. The second-order valence-electron chi connectivity index (χ2n) is 5.63. The molecule has 1 aromatic carbocycles. The van der Waals surface area contributed by atoms with Gasteiger partial charge in [-0.2, -0.15) is 0 Å². The summed E-state index contributed by atoms with van der Waals surface area (Å²) in [6, 6.07) is 10.9. The Morgan fingerprint density at radius 3 is 2.71 bits per heavy atom. The summed E-state index contributed by atoms with van der Waals surface area (Å²) in [7, 11) is 0. The van der Waals surface area contributed by atoms with E-state index in [0.717, 1.165) is 24.9 Å². The first-order chi connectivity index (χ1) is 10.1. The molecule has 0 saturated carbocycles. The van der Waals surface area contributed by atoms with Crippen LogP contribution in [0.3, 0.4) is 0 Å². The van der Waals surface area contributed by atoms with Gasteiger partial charge in [0, 0.05) is 17.8 Å². The summed E-state index contributed by atoms with van der Waals surface area (Å²) in [5.74, 6) is 0.635. The van der Waals surface area contributed by atoms with Crippen molar-refractivity contribution in [1.82, 2.24) is 10.3 Å². The molecule has 0 spiro atoms. The smallest absolute Gasteiger partial charge is 0.128 e. The SMILES string of the molecule is CCCNC(Cc1cccc(C)c1)c1c(C)ccnc1N. The highest BCUT2D eigenvalue weighted by Crippen LogP contribution is 2.26. The topological polar surface area (TPSA) is 50.9 Å². The van der Waals surface area contributed by atoms with E-state index < -0.39 is 0 Å². The Morgan fingerprint density at radius 1 is 1.24 bits per heavy atom. The van der Waals surface area contributed by atoms with Gasteiger partial charge in [0.25, 0.3) is 0 Å². The van der Waals surface area contributed by atoms with Gasteiger partial charge < -0.3 is 11.1 Å². The maximum Gasteiger partial charge on any atom is 0.128 e. The molecular formula is C18H25N3. The summed E-state index contributed by atoms with van der Waals surface area (Å²) < 4.78 is 0. The number of anilines is 1. The van der Waals surface area contributed by atoms with E-state index in [1.54, 1.807) is 6.20 Å². The zero-order valence-electron chi connectivity index (χ0n) is 13.2. The van der Waals surface area contributed by atoms with Crippen LogP contribution >= 0.6 is 0 Å². The first-order valence-corrected chi connectivity index (χ1v) is 7.61. The van der Waals surface area contributed by atoms with E-state index in [9.17, 15) is 0 Å². The first-order valence-electron chi connectivity index (χ1n) is 7.61. The van der Waals surface area contributed by atoms with Crippen LogP contribution in [-0.2, 0) is 6.42 Å². The predicted molar refractivity (Wildman–Crippen MR) is 89.3 cm³/mol. The molecule has 0 radical (unpaired) electrons. The molecule has 0 fully saturated rings. The van der Waals surface area contributed by atoms with Crippen LogP contribution in [-0.4, -0.2) is 11.5 Å². The molecular weight excluding hydrogens is 258 g/mol. The van der Waals surface area contributed by atoms with Crippen LogP contribution in [0.4, 0.5) is 5.82 Å². The minimum atomic E-state index is 0.209. The molecule has 2 rings (SSSR count). The molecule has 1 heterocycles. The molecule has 3 N–H and O–H groups in total. The lowest BCUT2D eigenvalue weighted by molar-refractivity contribution is 0.527. The van der Waals surface area contributed by atoms with Crippen molar-refractivity contribution < 1.29 is 0 Å². The normalized spacial score (nSPS) is 12.3. The fourth-order valence-electron chi connectivity index (χ4n) is 2.71. The minimum Gasteiger partial charge on any atom is -0.383 e. The van der Waals surface area contributed by atoms with Crippen molar-refractivity contribution in [1.29, 1.82) is 0 Å². The third-order valence-electron chi connectivity index (χ3n) is 3.75. The third-order valence-corrected chi connectivity index (χ3v) is 3.75. The van der Waals surface area contributed by atoms with Gasteiger partial charge in [-0.25, -0.2) is 4.98 Å². The molecule has 1 unspecified atom stereocenters. The van der Waals surface area contributed by atoms with E-state index in [1.165, 1.54) is 16.7 Å². The maximum atomic E-state index is 6.13. The Morgan fingerprint density at radius 2 is 2.05 bits per heavy atom. The fourth-order valence-corrected chi connectivity index (χ4v) is 2.71. The molecule has 0 amide bonds. The van der Waals surface area contributed by atoms with Crippen molar-refractivity contribution in [3.8, 4) is 0 Å². The summed E-state index contributed by atoms with van der Waals surface area (Å²) >= 11 is 0. The molecule has 0 bridgehead atoms. The van der Waals surface area contributed by atoms with E-state index in [0.29, 0.717) is 5.82 Å². The van der Waals surface area contributed by atoms with Gasteiger partial charge in [-0.1, -0.05) is 36.8 Å². The number of pyridine rings is 1. The van der Waals surface area contributed by atoms with E-state index >= 15 is 0 Å². The number of aromatic nitrogens is 1. The number of nitrogens with two attached hydrogens (primary N) is 1. The molecule has 3 nitrogen and oxygen atoms in total. The van der Waals surface area contributed by atoms with Gasteiger partial charge in [-0.3, -0.25) is 0 Å². The fraction of sp³-hybridized carbons (Fsp3) is 0.389. The lowest BCUT2D eigenvalue weighted by Crippen LogP contribution is -2.26. The summed E-state index contributed by atoms with van der Waals surface area (Å²) in [5.41, 5.74) is 11.1. The Labute approximate surface area is 127 Å². The molecule has 0 aliphatic rings. The number of nitrogen functional groups attached to an aromatic ring is 1. The van der Waals surface area contributed by atoms with Crippen LogP contribution < -0.4 is 11.1 Å². The van der Waals surface area contributed by atoms with E-state index in [4.69, 9.17) is 5.73 Å². The van der Waals surface area contributed by atoms with E-state index in [2.05, 4.69) is 55.3 Å². The molecule has 3 heteroatoms. The third kappa shape index (κ3) is 4.05. The van der Waals surface area contributed by atoms with Gasteiger partial charge in [0.2, 0.25) is 0 Å². The number of nitrogens with zero attached hydrogens (tertiary/aromatic N) is 1. The zero-order chi connectivity index (χ0) is 15.2. The highest BCUT2D eigenvalue weighted by atomic mass is 14.9. The van der Waals surface area contributed by atoms with Gasteiger partial charge in [-0.15, -0.1) is 0 Å². The molecule has 0 aliphatic heterocycles. The molecule has 0 aliphatic carbocycles.